The molecular weight excluding hydrogens is 1830 g/mol. The van der Waals surface area contributed by atoms with Crippen LogP contribution in [0.3, 0.4) is 0 Å². The van der Waals surface area contributed by atoms with Crippen molar-refractivity contribution < 1.29 is 203 Å². The van der Waals surface area contributed by atoms with Gasteiger partial charge in [0, 0.05) is 33.6 Å². The van der Waals surface area contributed by atoms with Gasteiger partial charge in [-0.25, -0.2) is 4.79 Å². The topological polar surface area (TPSA) is 708 Å². The zero-order valence-electron chi connectivity index (χ0n) is 80.5. The number of allylic oxidation sites excluding steroid dienone is 1. The molecule has 7 aliphatic rings. The minimum atomic E-state index is -3.25. The summed E-state index contributed by atoms with van der Waals surface area (Å²) in [4.78, 5) is 65.2. The van der Waals surface area contributed by atoms with Crippen molar-refractivity contribution in [2.75, 3.05) is 52.9 Å². The molecule has 26 N–H and O–H groups in total. The van der Waals surface area contributed by atoms with E-state index in [0.717, 1.165) is 72.1 Å². The molecule has 45 nitrogen and oxygen atoms in total. The quantitative estimate of drug-likeness (QED) is 0.0214. The second kappa shape index (κ2) is 63.3. The lowest BCUT2D eigenvalue weighted by Crippen LogP contribution is -2.71. The van der Waals surface area contributed by atoms with Crippen molar-refractivity contribution in [3.63, 3.8) is 0 Å². The summed E-state index contributed by atoms with van der Waals surface area (Å²) in [7, 11) is 0. The zero-order chi connectivity index (χ0) is 101. The number of hydrogen-bond donors (Lipinski definition) is 26. The van der Waals surface area contributed by atoms with Crippen molar-refractivity contribution >= 4 is 29.6 Å². The number of rotatable bonds is 65. The summed E-state index contributed by atoms with van der Waals surface area (Å²) in [6.45, 7) is -0.958. The lowest BCUT2D eigenvalue weighted by atomic mass is 9.88. The largest absolute Gasteiger partial charge is 0.477 e. The van der Waals surface area contributed by atoms with Gasteiger partial charge < -0.3 is 200 Å². The van der Waals surface area contributed by atoms with Crippen LogP contribution >= 0.6 is 0 Å². The first-order valence-corrected chi connectivity index (χ1v) is 50.1. The van der Waals surface area contributed by atoms with Crippen LogP contribution in [0.15, 0.2) is 12.2 Å². The molecule has 804 valence electrons. The van der Waals surface area contributed by atoms with Crippen molar-refractivity contribution in [3.8, 4) is 0 Å². The fourth-order valence-corrected chi connectivity index (χ4v) is 18.8. The first-order chi connectivity index (χ1) is 66.1. The molecule has 7 rings (SSSR count). The van der Waals surface area contributed by atoms with E-state index in [2.05, 4.69) is 35.1 Å². The van der Waals surface area contributed by atoms with Crippen molar-refractivity contribution in [2.45, 2.75) is 492 Å². The van der Waals surface area contributed by atoms with E-state index in [1.165, 1.54) is 148 Å². The first-order valence-electron chi connectivity index (χ1n) is 50.1. The SMILES string of the molecule is CCCCCCCCCCCCC/C=C/[C@@H](O)[C@H](CO[C@@H]1O[C@H](CO)[C@@H](O[C@@H]2O[C@H](CO)[C@H](O)[C@H](O[C@@H]3O[C@H](CO)[C@@H](O[C@@H]4O[C@H](CO)[C@H](O)[C@H](O[C@@H]5O[C@H](CO)[C@@H](O[C@@H]6O[C@H](CO)[C@H](O)[C@H](O[C@]7(C(=O)O)C[C@H](O)[C@@H](NC(C)=O)[C@H]([C@H](O)[C@H](O)CO)O7)[C@H]6O)[C@H](O)[C@H]5NC(C)=O)[C@H]4O)[C@H](O)[C@H]3NC(C)=O)[C@H]2O)[C@H](O)[C@H]1O)NC(=O)CCCCCCCCCCCCCCCCCCCCCCC. The maximum Gasteiger partial charge on any atom is 0.364 e. The Hall–Kier alpha value is -4.31. The number of amides is 4. The van der Waals surface area contributed by atoms with Gasteiger partial charge in [0.2, 0.25) is 23.6 Å². The summed E-state index contributed by atoms with van der Waals surface area (Å²) in [5.41, 5.74) is 0. The highest BCUT2D eigenvalue weighted by Crippen LogP contribution is 2.42. The third kappa shape index (κ3) is 36.1. The summed E-state index contributed by atoms with van der Waals surface area (Å²) in [5.74, 6) is -8.44. The molecule has 4 amide bonds. The zero-order valence-corrected chi connectivity index (χ0v) is 80.5. The van der Waals surface area contributed by atoms with Gasteiger partial charge in [0.25, 0.3) is 5.79 Å². The van der Waals surface area contributed by atoms with Crippen LogP contribution in [0.5, 0.6) is 0 Å². The molecule has 7 heterocycles. The fourth-order valence-electron chi connectivity index (χ4n) is 18.8. The Morgan fingerprint density at radius 3 is 1.07 bits per heavy atom. The third-order valence-electron chi connectivity index (χ3n) is 26.7. The van der Waals surface area contributed by atoms with Crippen molar-refractivity contribution in [1.29, 1.82) is 0 Å². The molecule has 7 fully saturated rings. The number of aliphatic hydroxyl groups excluding tert-OH is 21. The van der Waals surface area contributed by atoms with Crippen LogP contribution in [0.25, 0.3) is 0 Å². The Labute approximate surface area is 807 Å². The molecule has 45 heteroatoms. The molecule has 38 atom stereocenters. The van der Waals surface area contributed by atoms with Gasteiger partial charge in [0.1, 0.15) is 165 Å². The molecule has 0 spiro atoms. The molecule has 0 aromatic carbocycles. The highest BCUT2D eigenvalue weighted by Gasteiger charge is 2.63. The Morgan fingerprint density at radius 2 is 0.703 bits per heavy atom. The van der Waals surface area contributed by atoms with Crippen LogP contribution in [0.2, 0.25) is 0 Å². The normalized spacial score (nSPS) is 36.2. The number of unbranched alkanes of at least 4 members (excludes halogenated alkanes) is 31. The van der Waals surface area contributed by atoms with Crippen LogP contribution in [0.1, 0.15) is 259 Å². The minimum Gasteiger partial charge on any atom is -0.477 e. The number of hydrogen-bond acceptors (Lipinski definition) is 40. The van der Waals surface area contributed by atoms with E-state index in [-0.39, 0.29) is 12.3 Å². The predicted molar refractivity (Wildman–Crippen MR) is 483 cm³/mol. The molecule has 0 saturated carbocycles. The third-order valence-corrected chi connectivity index (χ3v) is 26.7. The molecule has 0 radical (unpaired) electrons. The molecule has 0 aromatic heterocycles. The molecular formula is C93H166N4O41. The van der Waals surface area contributed by atoms with E-state index < -0.39 is 315 Å². The van der Waals surface area contributed by atoms with Crippen molar-refractivity contribution in [1.82, 2.24) is 21.3 Å². The number of carbonyl (C=O) groups is 5. The number of carboxylic acid groups (broad SMARTS) is 1. The highest BCUT2D eigenvalue weighted by molar-refractivity contribution is 5.77. The lowest BCUT2D eigenvalue weighted by molar-refractivity contribution is -0.391. The van der Waals surface area contributed by atoms with E-state index in [0.29, 0.717) is 12.8 Å². The smallest absolute Gasteiger partial charge is 0.364 e. The standard InChI is InChI=1S/C93H166N4O41/c1-6-8-10-12-14-16-18-20-21-22-23-24-25-26-27-29-31-33-35-37-39-41-64(111)97-54(55(108)40-38-36-34-32-30-28-19-17-15-13-11-9-7-2)50-125-88-75(119)74(118)81(63(49-104)131-88)134-90-77(121)84(70(114)59(45-100)127-90)136-86-66(95-52(4)106)72(116)79(61(47-102)129-86)132-89-76(120)83(69(113)58(44-99)126-89)135-87-67(96-53(5)107)73(117)80(62(48-103)130-87)133-91-78(122)85(71(115)60(46-101)128-91)138-93(92(123)124)42-56(109)65(94-51(3)105)82(137-93)68(112)57(110)43-98/h38,40,54-63,65-91,98-104,108-110,112-122H,6-37,39,41-50H2,1-5H3,(H,94,105)(H,95,106)(H,96,107)(H,97,111)(H,123,124)/b40-38+/t54-,55+,56-,57+,58+,59+,60+,61+,62+,63+,65+,66+,67+,68+,69-,70-,71-,72+,73+,74+,75+,76+,77+,78+,79+,80+,81+,82+,83-,84-,85-,86-,87-,88+,89-,90-,91-,93-/m0/s1. The lowest BCUT2D eigenvalue weighted by Gasteiger charge is -2.51. The fraction of sp³-hybridized carbons (Fsp3) is 0.925. The van der Waals surface area contributed by atoms with Gasteiger partial charge in [-0.05, 0) is 19.3 Å². The van der Waals surface area contributed by atoms with Crippen LogP contribution in [-0.2, 0) is 90.3 Å². The summed E-state index contributed by atoms with van der Waals surface area (Å²) in [6, 6.07) is -6.68. The first kappa shape index (κ1) is 121. The number of nitrogens with one attached hydrogen (secondary N) is 4. The van der Waals surface area contributed by atoms with Crippen molar-refractivity contribution in [3.05, 3.63) is 12.2 Å². The summed E-state index contributed by atoms with van der Waals surface area (Å²) >= 11 is 0. The number of carboxylic acids is 1. The Balaban J connectivity index is 0.982. The van der Waals surface area contributed by atoms with Gasteiger partial charge in [-0.15, -0.1) is 0 Å². The average Bonchev–Trinajstić information content (AvgIpc) is 0.748. The van der Waals surface area contributed by atoms with E-state index >= 15 is 0 Å². The van der Waals surface area contributed by atoms with Gasteiger partial charge in [-0.3, -0.25) is 19.2 Å². The Bertz CT molecular complexity index is 3410. The van der Waals surface area contributed by atoms with Gasteiger partial charge in [-0.1, -0.05) is 219 Å². The molecule has 7 saturated heterocycles. The number of aliphatic carboxylic acids is 1. The second-order valence-corrected chi connectivity index (χ2v) is 37.7. The van der Waals surface area contributed by atoms with E-state index in [4.69, 9.17) is 66.3 Å². The van der Waals surface area contributed by atoms with Crippen LogP contribution in [0, 0.1) is 0 Å². The highest BCUT2D eigenvalue weighted by atomic mass is 16.8. The molecule has 138 heavy (non-hydrogen) atoms. The van der Waals surface area contributed by atoms with E-state index in [1.807, 2.05) is 6.08 Å². The van der Waals surface area contributed by atoms with E-state index in [1.54, 1.807) is 6.08 Å². The van der Waals surface area contributed by atoms with Crippen LogP contribution in [-0.4, -0.2) is 427 Å². The van der Waals surface area contributed by atoms with Gasteiger partial charge in [-0.2, -0.15) is 0 Å². The summed E-state index contributed by atoms with van der Waals surface area (Å²) in [6.07, 6.45) is -26.9. The van der Waals surface area contributed by atoms with Gasteiger partial charge >= 0.3 is 5.97 Å². The molecule has 0 aliphatic carbocycles. The predicted octanol–water partition coefficient (Wildman–Crippen LogP) is -2.91. The Morgan fingerprint density at radius 1 is 0.377 bits per heavy atom. The van der Waals surface area contributed by atoms with E-state index in [9.17, 15) is 136 Å². The maximum atomic E-state index is 13.7. The summed E-state index contributed by atoms with van der Waals surface area (Å²) in [5, 5.41) is 258. The van der Waals surface area contributed by atoms with Crippen LogP contribution < -0.4 is 21.3 Å². The monoisotopic (exact) mass is 2000 g/mol. The maximum absolute atomic E-state index is 13.7. The van der Waals surface area contributed by atoms with Gasteiger partial charge in [0.05, 0.1) is 77.1 Å². The molecule has 7 aliphatic heterocycles. The number of aliphatic hydroxyl groups is 21. The average molecular weight is 2000 g/mol. The number of ether oxygens (including phenoxy) is 14. The molecule has 0 aromatic rings. The Kier molecular flexibility index (Phi) is 55.3. The van der Waals surface area contributed by atoms with Crippen LogP contribution in [0.4, 0.5) is 0 Å². The van der Waals surface area contributed by atoms with Crippen molar-refractivity contribution in [2.24, 2.45) is 0 Å². The molecule has 0 bridgehead atoms. The second-order valence-electron chi connectivity index (χ2n) is 37.7. The summed E-state index contributed by atoms with van der Waals surface area (Å²) < 4.78 is 83.1. The molecule has 0 unspecified atom stereocenters. The minimum absolute atomic E-state index is 0.153. The number of carbonyl (C=O) groups excluding carboxylic acids is 4. The van der Waals surface area contributed by atoms with Gasteiger partial charge in [0.15, 0.2) is 37.7 Å².